The van der Waals surface area contributed by atoms with E-state index in [1.165, 1.54) is 18.9 Å². The Morgan fingerprint density at radius 1 is 1.14 bits per heavy atom. The highest BCUT2D eigenvalue weighted by molar-refractivity contribution is 5.16. The molecule has 1 aromatic carbocycles. The van der Waals surface area contributed by atoms with E-state index in [-0.39, 0.29) is 5.82 Å². The number of benzene rings is 1. The first-order valence-corrected chi connectivity index (χ1v) is 8.46. The molecule has 0 radical (unpaired) electrons. The van der Waals surface area contributed by atoms with Crippen molar-refractivity contribution in [2.45, 2.75) is 51.5 Å². The average molecular weight is 306 g/mol. The van der Waals surface area contributed by atoms with Gasteiger partial charge in [-0.25, -0.2) is 4.39 Å². The number of hydrogen-bond acceptors (Lipinski definition) is 3. The quantitative estimate of drug-likeness (QED) is 0.854. The molecular weight excluding hydrogens is 279 g/mol. The molecule has 0 aromatic heterocycles. The van der Waals surface area contributed by atoms with Gasteiger partial charge >= 0.3 is 0 Å². The van der Waals surface area contributed by atoms with Gasteiger partial charge in [-0.2, -0.15) is 0 Å². The van der Waals surface area contributed by atoms with Crippen molar-refractivity contribution in [3.63, 3.8) is 0 Å². The van der Waals surface area contributed by atoms with Gasteiger partial charge in [0, 0.05) is 25.7 Å². The normalized spacial score (nSPS) is 28.9. The number of piperidine rings is 1. The highest BCUT2D eigenvalue weighted by Crippen LogP contribution is 2.22. The molecule has 122 valence electrons. The molecule has 0 aliphatic carbocycles. The minimum atomic E-state index is -0.135. The van der Waals surface area contributed by atoms with Crippen LogP contribution in [0.2, 0.25) is 0 Å². The zero-order chi connectivity index (χ0) is 15.5. The van der Waals surface area contributed by atoms with Gasteiger partial charge in [0.2, 0.25) is 0 Å². The number of halogens is 1. The number of hydrogen-bond donors (Lipinski definition) is 0. The van der Waals surface area contributed by atoms with Gasteiger partial charge in [-0.3, -0.25) is 9.80 Å². The molecule has 0 bridgehead atoms. The van der Waals surface area contributed by atoms with Gasteiger partial charge in [0.15, 0.2) is 0 Å². The Morgan fingerprint density at radius 2 is 1.82 bits per heavy atom. The first-order chi connectivity index (χ1) is 10.6. The molecule has 2 unspecified atom stereocenters. The smallest absolute Gasteiger partial charge is 0.123 e. The molecule has 0 saturated carbocycles. The largest absolute Gasteiger partial charge is 0.373 e. The average Bonchev–Trinajstić information content (AvgIpc) is 2.47. The summed E-state index contributed by atoms with van der Waals surface area (Å²) in [6, 6.07) is 7.65. The van der Waals surface area contributed by atoms with Crippen LogP contribution in [0.1, 0.15) is 32.3 Å². The molecule has 2 heterocycles. The van der Waals surface area contributed by atoms with Crippen LogP contribution in [0, 0.1) is 5.82 Å². The van der Waals surface area contributed by atoms with Crippen LogP contribution in [0.3, 0.4) is 0 Å². The van der Waals surface area contributed by atoms with Gasteiger partial charge in [-0.15, -0.1) is 0 Å². The summed E-state index contributed by atoms with van der Waals surface area (Å²) in [5, 5.41) is 0. The highest BCUT2D eigenvalue weighted by atomic mass is 19.1. The van der Waals surface area contributed by atoms with Crippen LogP contribution in [0.15, 0.2) is 24.3 Å². The van der Waals surface area contributed by atoms with E-state index in [1.807, 2.05) is 6.07 Å². The lowest BCUT2D eigenvalue weighted by molar-refractivity contribution is -0.0865. The fourth-order valence-electron chi connectivity index (χ4n) is 3.85. The first-order valence-electron chi connectivity index (χ1n) is 8.46. The Bertz CT molecular complexity index is 478. The van der Waals surface area contributed by atoms with Gasteiger partial charge in [0.1, 0.15) is 5.82 Å². The summed E-state index contributed by atoms with van der Waals surface area (Å²) < 4.78 is 19.1. The SMILES string of the molecule is CC1CN(C2CCN(Cc3cccc(F)c3)CC2)CC(C)O1. The number of ether oxygens (including phenoxy) is 1. The van der Waals surface area contributed by atoms with Crippen molar-refractivity contribution < 1.29 is 9.13 Å². The Morgan fingerprint density at radius 3 is 2.45 bits per heavy atom. The third-order valence-electron chi connectivity index (χ3n) is 4.82. The predicted molar refractivity (Wildman–Crippen MR) is 86.3 cm³/mol. The van der Waals surface area contributed by atoms with Crippen molar-refractivity contribution in [2.75, 3.05) is 26.2 Å². The Hall–Kier alpha value is -0.970. The second kappa shape index (κ2) is 7.07. The number of rotatable bonds is 3. The lowest BCUT2D eigenvalue weighted by Gasteiger charge is -2.43. The van der Waals surface area contributed by atoms with Crippen LogP contribution >= 0.6 is 0 Å². The van der Waals surface area contributed by atoms with Gasteiger partial charge in [-0.1, -0.05) is 12.1 Å². The van der Waals surface area contributed by atoms with Crippen LogP contribution in [-0.4, -0.2) is 54.2 Å². The number of morpholine rings is 1. The third-order valence-corrected chi connectivity index (χ3v) is 4.82. The minimum absolute atomic E-state index is 0.135. The molecule has 2 fully saturated rings. The van der Waals surface area contributed by atoms with E-state index in [0.717, 1.165) is 38.3 Å². The van der Waals surface area contributed by atoms with Gasteiger partial charge in [0.25, 0.3) is 0 Å². The monoisotopic (exact) mass is 306 g/mol. The fourth-order valence-corrected chi connectivity index (χ4v) is 3.85. The van der Waals surface area contributed by atoms with E-state index >= 15 is 0 Å². The molecule has 4 heteroatoms. The van der Waals surface area contributed by atoms with Gasteiger partial charge < -0.3 is 4.74 Å². The Balaban J connectivity index is 1.50. The molecule has 22 heavy (non-hydrogen) atoms. The van der Waals surface area contributed by atoms with Crippen LogP contribution in [0.25, 0.3) is 0 Å². The van der Waals surface area contributed by atoms with Crippen molar-refractivity contribution in [3.8, 4) is 0 Å². The maximum absolute atomic E-state index is 13.3. The second-order valence-electron chi connectivity index (χ2n) is 6.85. The van der Waals surface area contributed by atoms with Crippen molar-refractivity contribution in [3.05, 3.63) is 35.6 Å². The summed E-state index contributed by atoms with van der Waals surface area (Å²) >= 11 is 0. The van der Waals surface area contributed by atoms with E-state index in [4.69, 9.17) is 4.74 Å². The lowest BCUT2D eigenvalue weighted by atomic mass is 10.0. The number of nitrogens with zero attached hydrogens (tertiary/aromatic N) is 2. The summed E-state index contributed by atoms with van der Waals surface area (Å²) in [4.78, 5) is 5.05. The fraction of sp³-hybridized carbons (Fsp3) is 0.667. The molecule has 2 atom stereocenters. The lowest BCUT2D eigenvalue weighted by Crippen LogP contribution is -2.53. The van der Waals surface area contributed by atoms with E-state index in [0.29, 0.717) is 18.2 Å². The minimum Gasteiger partial charge on any atom is -0.373 e. The van der Waals surface area contributed by atoms with Crippen LogP contribution in [-0.2, 0) is 11.3 Å². The molecule has 0 N–H and O–H groups in total. The maximum Gasteiger partial charge on any atom is 0.123 e. The molecule has 3 rings (SSSR count). The summed E-state index contributed by atoms with van der Waals surface area (Å²) in [5.41, 5.74) is 1.08. The molecule has 2 aliphatic rings. The molecule has 3 nitrogen and oxygen atoms in total. The molecule has 2 aliphatic heterocycles. The van der Waals surface area contributed by atoms with E-state index in [2.05, 4.69) is 23.6 Å². The summed E-state index contributed by atoms with van der Waals surface area (Å²) in [6.45, 7) is 9.50. The predicted octanol–water partition coefficient (Wildman–Crippen LogP) is 2.90. The molecule has 1 aromatic rings. The Labute approximate surface area is 133 Å². The summed E-state index contributed by atoms with van der Waals surface area (Å²) in [6.07, 6.45) is 3.09. The topological polar surface area (TPSA) is 15.7 Å². The second-order valence-corrected chi connectivity index (χ2v) is 6.85. The Kier molecular flexibility index (Phi) is 5.11. The first kappa shape index (κ1) is 15.9. The summed E-state index contributed by atoms with van der Waals surface area (Å²) in [5.74, 6) is -0.135. The standard InChI is InChI=1S/C18H27FN2O/c1-14-11-21(12-15(2)22-14)18-6-8-20(9-7-18)13-16-4-3-5-17(19)10-16/h3-5,10,14-15,18H,6-9,11-13H2,1-2H3. The zero-order valence-electron chi connectivity index (χ0n) is 13.7. The van der Waals surface area contributed by atoms with Gasteiger partial charge in [0.05, 0.1) is 12.2 Å². The van der Waals surface area contributed by atoms with E-state index in [1.54, 1.807) is 12.1 Å². The highest BCUT2D eigenvalue weighted by Gasteiger charge is 2.30. The number of likely N-dealkylation sites (tertiary alicyclic amines) is 1. The van der Waals surface area contributed by atoms with Crippen molar-refractivity contribution in [1.29, 1.82) is 0 Å². The van der Waals surface area contributed by atoms with Crippen molar-refractivity contribution in [2.24, 2.45) is 0 Å². The molecule has 0 amide bonds. The molecule has 0 spiro atoms. The van der Waals surface area contributed by atoms with Crippen molar-refractivity contribution >= 4 is 0 Å². The van der Waals surface area contributed by atoms with Crippen LogP contribution in [0.4, 0.5) is 4.39 Å². The molecular formula is C18H27FN2O. The maximum atomic E-state index is 13.3. The van der Waals surface area contributed by atoms with Crippen LogP contribution < -0.4 is 0 Å². The third kappa shape index (κ3) is 4.06. The van der Waals surface area contributed by atoms with E-state index in [9.17, 15) is 4.39 Å². The van der Waals surface area contributed by atoms with Crippen molar-refractivity contribution in [1.82, 2.24) is 9.80 Å². The molecule has 2 saturated heterocycles. The van der Waals surface area contributed by atoms with E-state index < -0.39 is 0 Å². The summed E-state index contributed by atoms with van der Waals surface area (Å²) in [7, 11) is 0. The van der Waals surface area contributed by atoms with Crippen LogP contribution in [0.5, 0.6) is 0 Å². The van der Waals surface area contributed by atoms with Gasteiger partial charge in [-0.05, 0) is 57.5 Å². The zero-order valence-corrected chi connectivity index (χ0v) is 13.7.